The van der Waals surface area contributed by atoms with Crippen LogP contribution in [0.3, 0.4) is 0 Å². The number of hydrogen-bond donors (Lipinski definition) is 1. The summed E-state index contributed by atoms with van der Waals surface area (Å²) in [5, 5.41) is 4.56. The molecule has 0 radical (unpaired) electrons. The van der Waals surface area contributed by atoms with Gasteiger partial charge in [-0.1, -0.05) is 25.6 Å². The largest absolute Gasteiger partial charge is 0.329 e. The molecular formula is C12H24N4S. The molecule has 0 aliphatic heterocycles. The van der Waals surface area contributed by atoms with Crippen molar-refractivity contribution in [3.63, 3.8) is 0 Å². The van der Waals surface area contributed by atoms with Crippen molar-refractivity contribution in [2.45, 2.75) is 19.0 Å². The second-order valence-electron chi connectivity index (χ2n) is 3.95. The fraction of sp³-hybridized carbons (Fsp3) is 0.750. The highest BCUT2D eigenvalue weighted by molar-refractivity contribution is 7.99. The van der Waals surface area contributed by atoms with Crippen LogP contribution in [0.15, 0.2) is 17.6 Å². The maximum absolute atomic E-state index is 4.28. The molecule has 0 atom stereocenters. The van der Waals surface area contributed by atoms with Crippen molar-refractivity contribution in [1.82, 2.24) is 19.8 Å². The van der Waals surface area contributed by atoms with Gasteiger partial charge in [-0.05, 0) is 13.1 Å². The molecule has 0 unspecified atom stereocenters. The maximum Gasteiger partial charge on any atom is 0.167 e. The van der Waals surface area contributed by atoms with Crippen LogP contribution >= 0.6 is 11.8 Å². The first kappa shape index (κ1) is 14.5. The molecule has 0 saturated carbocycles. The summed E-state index contributed by atoms with van der Waals surface area (Å²) >= 11 is 1.80. The van der Waals surface area contributed by atoms with Gasteiger partial charge in [0, 0.05) is 44.8 Å². The monoisotopic (exact) mass is 256 g/mol. The van der Waals surface area contributed by atoms with Crippen LogP contribution in [0.1, 0.15) is 13.8 Å². The maximum atomic E-state index is 4.28. The van der Waals surface area contributed by atoms with Crippen molar-refractivity contribution in [3.8, 4) is 0 Å². The topological polar surface area (TPSA) is 33.1 Å². The van der Waals surface area contributed by atoms with Crippen LogP contribution in [0.4, 0.5) is 0 Å². The van der Waals surface area contributed by atoms with Crippen molar-refractivity contribution in [2.75, 3.05) is 38.5 Å². The highest BCUT2D eigenvalue weighted by Crippen LogP contribution is 2.12. The Morgan fingerprint density at radius 1 is 1.35 bits per heavy atom. The fourth-order valence-corrected chi connectivity index (χ4v) is 2.44. The molecule has 1 rings (SSSR count). The normalized spacial score (nSPS) is 11.3. The average Bonchev–Trinajstić information content (AvgIpc) is 2.74. The van der Waals surface area contributed by atoms with E-state index in [4.69, 9.17) is 0 Å². The molecule has 4 nitrogen and oxygen atoms in total. The molecule has 1 aromatic rings. The molecule has 0 bridgehead atoms. The summed E-state index contributed by atoms with van der Waals surface area (Å²) in [4.78, 5) is 6.71. The predicted octanol–water partition coefficient (Wildman–Crippen LogP) is 1.44. The Morgan fingerprint density at radius 3 is 2.71 bits per heavy atom. The Bertz CT molecular complexity index is 296. The lowest BCUT2D eigenvalue weighted by Gasteiger charge is -2.17. The van der Waals surface area contributed by atoms with Gasteiger partial charge < -0.3 is 14.8 Å². The van der Waals surface area contributed by atoms with Crippen molar-refractivity contribution in [1.29, 1.82) is 0 Å². The first-order chi connectivity index (χ1) is 8.27. The van der Waals surface area contributed by atoms with E-state index in [1.54, 1.807) is 11.8 Å². The lowest BCUT2D eigenvalue weighted by Crippen LogP contribution is -2.32. The van der Waals surface area contributed by atoms with E-state index in [0.717, 1.165) is 43.6 Å². The van der Waals surface area contributed by atoms with Gasteiger partial charge in [-0.2, -0.15) is 0 Å². The SMILES string of the molecule is CCN(CC)CCNCCSc1nccn1C. The van der Waals surface area contributed by atoms with E-state index in [2.05, 4.69) is 33.6 Å². The molecule has 0 spiro atoms. The number of thioether (sulfide) groups is 1. The third-order valence-corrected chi connectivity index (χ3v) is 3.85. The summed E-state index contributed by atoms with van der Waals surface area (Å²) in [5.74, 6) is 1.07. The van der Waals surface area contributed by atoms with Gasteiger partial charge in [0.05, 0.1) is 0 Å². The first-order valence-corrected chi connectivity index (χ1v) is 7.29. The Morgan fingerprint density at radius 2 is 2.12 bits per heavy atom. The molecular weight excluding hydrogens is 232 g/mol. The zero-order chi connectivity index (χ0) is 12.5. The quantitative estimate of drug-likeness (QED) is 0.535. The van der Waals surface area contributed by atoms with Crippen molar-refractivity contribution in [2.24, 2.45) is 7.05 Å². The van der Waals surface area contributed by atoms with E-state index in [1.807, 2.05) is 19.4 Å². The van der Waals surface area contributed by atoms with E-state index in [1.165, 1.54) is 0 Å². The molecule has 0 aromatic carbocycles. The van der Waals surface area contributed by atoms with E-state index in [-0.39, 0.29) is 0 Å². The number of imidazole rings is 1. The Kier molecular flexibility index (Phi) is 7.32. The van der Waals surface area contributed by atoms with E-state index < -0.39 is 0 Å². The molecule has 1 aromatic heterocycles. The first-order valence-electron chi connectivity index (χ1n) is 6.31. The Balaban J connectivity index is 2.00. The second-order valence-corrected chi connectivity index (χ2v) is 5.01. The minimum atomic E-state index is 1.04. The van der Waals surface area contributed by atoms with Gasteiger partial charge >= 0.3 is 0 Å². The van der Waals surface area contributed by atoms with Crippen LogP contribution in [-0.4, -0.2) is 52.9 Å². The van der Waals surface area contributed by atoms with Gasteiger partial charge in [0.1, 0.15) is 0 Å². The number of nitrogens with one attached hydrogen (secondary N) is 1. The fourth-order valence-electron chi connectivity index (χ4n) is 1.61. The van der Waals surface area contributed by atoms with Gasteiger partial charge in [0.25, 0.3) is 0 Å². The molecule has 1 heterocycles. The van der Waals surface area contributed by atoms with E-state index in [0.29, 0.717) is 0 Å². The van der Waals surface area contributed by atoms with Crippen molar-refractivity contribution < 1.29 is 0 Å². The number of likely N-dealkylation sites (N-methyl/N-ethyl adjacent to an activating group) is 1. The lowest BCUT2D eigenvalue weighted by molar-refractivity contribution is 0.303. The number of nitrogens with zero attached hydrogens (tertiary/aromatic N) is 3. The van der Waals surface area contributed by atoms with Crippen LogP contribution in [0.2, 0.25) is 0 Å². The third-order valence-electron chi connectivity index (χ3n) is 2.79. The van der Waals surface area contributed by atoms with Crippen molar-refractivity contribution in [3.05, 3.63) is 12.4 Å². The van der Waals surface area contributed by atoms with Gasteiger partial charge in [0.2, 0.25) is 0 Å². The van der Waals surface area contributed by atoms with Crippen LogP contribution in [0, 0.1) is 0 Å². The number of aryl methyl sites for hydroxylation is 1. The Hall–Kier alpha value is -0.520. The molecule has 0 aliphatic carbocycles. The van der Waals surface area contributed by atoms with E-state index >= 15 is 0 Å². The van der Waals surface area contributed by atoms with Gasteiger partial charge in [-0.15, -0.1) is 0 Å². The van der Waals surface area contributed by atoms with Crippen LogP contribution in [0.5, 0.6) is 0 Å². The zero-order valence-corrected chi connectivity index (χ0v) is 12.0. The molecule has 17 heavy (non-hydrogen) atoms. The summed E-state index contributed by atoms with van der Waals surface area (Å²) in [5.41, 5.74) is 0. The zero-order valence-electron chi connectivity index (χ0n) is 11.1. The summed E-state index contributed by atoms with van der Waals surface area (Å²) in [6.07, 6.45) is 3.83. The average molecular weight is 256 g/mol. The van der Waals surface area contributed by atoms with Crippen molar-refractivity contribution >= 4 is 11.8 Å². The lowest BCUT2D eigenvalue weighted by atomic mass is 10.4. The van der Waals surface area contributed by atoms with Crippen LogP contribution in [0.25, 0.3) is 0 Å². The molecule has 0 fully saturated rings. The third kappa shape index (κ3) is 5.57. The summed E-state index contributed by atoms with van der Waals surface area (Å²) in [7, 11) is 2.03. The van der Waals surface area contributed by atoms with E-state index in [9.17, 15) is 0 Å². The molecule has 98 valence electrons. The number of hydrogen-bond acceptors (Lipinski definition) is 4. The highest BCUT2D eigenvalue weighted by atomic mass is 32.2. The summed E-state index contributed by atoms with van der Waals surface area (Å²) in [6, 6.07) is 0. The molecule has 0 saturated heterocycles. The van der Waals surface area contributed by atoms with Crippen LogP contribution in [-0.2, 0) is 7.05 Å². The van der Waals surface area contributed by atoms with Gasteiger partial charge in [-0.3, -0.25) is 0 Å². The molecule has 0 amide bonds. The number of aromatic nitrogens is 2. The second kappa shape index (κ2) is 8.55. The van der Waals surface area contributed by atoms with Gasteiger partial charge in [-0.25, -0.2) is 4.98 Å². The molecule has 0 aliphatic rings. The standard InChI is InChI=1S/C12H24N4S/c1-4-16(5-2)10-6-13-8-11-17-12-14-7-9-15(12)3/h7,9,13H,4-6,8,10-11H2,1-3H3. The molecule has 1 N–H and O–H groups in total. The van der Waals surface area contributed by atoms with Gasteiger partial charge in [0.15, 0.2) is 5.16 Å². The predicted molar refractivity (Wildman–Crippen MR) is 74.6 cm³/mol. The minimum Gasteiger partial charge on any atom is -0.329 e. The highest BCUT2D eigenvalue weighted by Gasteiger charge is 2.00. The number of rotatable bonds is 9. The summed E-state index contributed by atoms with van der Waals surface area (Å²) < 4.78 is 2.06. The smallest absolute Gasteiger partial charge is 0.167 e. The Labute approximate surface area is 109 Å². The molecule has 5 heteroatoms. The van der Waals surface area contributed by atoms with Crippen LogP contribution < -0.4 is 5.32 Å². The minimum absolute atomic E-state index is 1.04. The summed E-state index contributed by atoms with van der Waals surface area (Å²) in [6.45, 7) is 9.95.